The fourth-order valence-electron chi connectivity index (χ4n) is 2.57. The van der Waals surface area contributed by atoms with Crippen LogP contribution in [0.25, 0.3) is 10.8 Å². The number of carbonyl (C=O) groups is 1. The van der Waals surface area contributed by atoms with Crippen molar-refractivity contribution < 1.29 is 23.1 Å². The minimum absolute atomic E-state index is 0.0812. The van der Waals surface area contributed by atoms with Gasteiger partial charge in [0.1, 0.15) is 11.9 Å². The molecule has 0 aliphatic heterocycles. The molecule has 0 saturated carbocycles. The number of pyridine rings is 1. The van der Waals surface area contributed by atoms with Crippen LogP contribution < -0.4 is 5.32 Å². The van der Waals surface area contributed by atoms with Gasteiger partial charge >= 0.3 is 5.97 Å². The molecule has 1 heterocycles. The van der Waals surface area contributed by atoms with Crippen molar-refractivity contribution in [3.8, 4) is 0 Å². The SMILES string of the molecule is O=C(O)C(Cc1ccccc1)Nc1nccc2cc(F)c(F)c(F)c12. The third-order valence-corrected chi connectivity index (χ3v) is 3.78. The number of aliphatic carboxylic acids is 1. The van der Waals surface area contributed by atoms with Crippen molar-refractivity contribution in [2.75, 3.05) is 5.32 Å². The van der Waals surface area contributed by atoms with Gasteiger partial charge in [0.15, 0.2) is 17.5 Å². The molecule has 0 spiro atoms. The normalized spacial score (nSPS) is 12.1. The molecule has 0 radical (unpaired) electrons. The van der Waals surface area contributed by atoms with E-state index in [1.807, 2.05) is 0 Å². The molecule has 0 aliphatic carbocycles. The summed E-state index contributed by atoms with van der Waals surface area (Å²) < 4.78 is 41.1. The second-order valence-electron chi connectivity index (χ2n) is 5.47. The van der Waals surface area contributed by atoms with Crippen LogP contribution in [-0.2, 0) is 11.2 Å². The van der Waals surface area contributed by atoms with Crippen molar-refractivity contribution in [3.63, 3.8) is 0 Å². The number of halogens is 3. The van der Waals surface area contributed by atoms with Crippen molar-refractivity contribution in [2.24, 2.45) is 0 Å². The van der Waals surface area contributed by atoms with Crippen molar-refractivity contribution >= 4 is 22.6 Å². The summed E-state index contributed by atoms with van der Waals surface area (Å²) in [6.45, 7) is 0. The number of nitrogens with one attached hydrogen (secondary N) is 1. The molecule has 0 aliphatic rings. The molecule has 3 rings (SSSR count). The van der Waals surface area contributed by atoms with E-state index >= 15 is 0 Å². The largest absolute Gasteiger partial charge is 0.480 e. The van der Waals surface area contributed by atoms with E-state index in [9.17, 15) is 23.1 Å². The zero-order valence-corrected chi connectivity index (χ0v) is 12.8. The van der Waals surface area contributed by atoms with Gasteiger partial charge in [-0.3, -0.25) is 0 Å². The van der Waals surface area contributed by atoms with E-state index in [0.717, 1.165) is 11.6 Å². The van der Waals surface area contributed by atoms with Gasteiger partial charge in [0.05, 0.1) is 5.39 Å². The van der Waals surface area contributed by atoms with Crippen molar-refractivity contribution in [2.45, 2.75) is 12.5 Å². The summed E-state index contributed by atoms with van der Waals surface area (Å²) >= 11 is 0. The molecule has 2 aromatic carbocycles. The maximum absolute atomic E-state index is 14.2. The summed E-state index contributed by atoms with van der Waals surface area (Å²) in [5, 5.41) is 11.8. The maximum atomic E-state index is 14.2. The first-order chi connectivity index (χ1) is 12.0. The maximum Gasteiger partial charge on any atom is 0.326 e. The Bertz CT molecular complexity index is 933. The standard InChI is InChI=1S/C18H13F3N2O2/c19-12-9-11-6-7-22-17(14(11)16(21)15(12)20)23-13(18(24)25)8-10-4-2-1-3-5-10/h1-7,9,13H,8H2,(H,22,23)(H,24,25). The third kappa shape index (κ3) is 3.40. The number of carboxylic acids is 1. The van der Waals surface area contributed by atoms with Crippen LogP contribution in [0.2, 0.25) is 0 Å². The van der Waals surface area contributed by atoms with Crippen LogP contribution in [0.5, 0.6) is 0 Å². The predicted octanol–water partition coefficient (Wildman–Crippen LogP) is 3.76. The van der Waals surface area contributed by atoms with E-state index in [-0.39, 0.29) is 23.0 Å². The van der Waals surface area contributed by atoms with Crippen LogP contribution in [0.4, 0.5) is 19.0 Å². The van der Waals surface area contributed by atoms with Gasteiger partial charge in [0, 0.05) is 12.6 Å². The fourth-order valence-corrected chi connectivity index (χ4v) is 2.57. The topological polar surface area (TPSA) is 62.2 Å². The molecule has 7 heteroatoms. The van der Waals surface area contributed by atoms with E-state index in [1.54, 1.807) is 30.3 Å². The van der Waals surface area contributed by atoms with Crippen molar-refractivity contribution in [1.82, 2.24) is 4.98 Å². The second-order valence-corrected chi connectivity index (χ2v) is 5.47. The number of hydrogen-bond acceptors (Lipinski definition) is 3. The number of nitrogens with zero attached hydrogens (tertiary/aromatic N) is 1. The first-order valence-corrected chi connectivity index (χ1v) is 7.43. The molecule has 1 atom stereocenters. The first kappa shape index (κ1) is 16.8. The Morgan fingerprint density at radius 1 is 1.12 bits per heavy atom. The van der Waals surface area contributed by atoms with Crippen LogP contribution in [0.1, 0.15) is 5.56 Å². The van der Waals surface area contributed by atoms with Gasteiger partial charge in [-0.05, 0) is 23.1 Å². The van der Waals surface area contributed by atoms with Crippen molar-refractivity contribution in [3.05, 3.63) is 71.7 Å². The molecule has 0 bridgehead atoms. The van der Waals surface area contributed by atoms with Crippen LogP contribution in [0, 0.1) is 17.5 Å². The summed E-state index contributed by atoms with van der Waals surface area (Å²) in [4.78, 5) is 15.4. The number of hydrogen-bond donors (Lipinski definition) is 2. The summed E-state index contributed by atoms with van der Waals surface area (Å²) in [6.07, 6.45) is 1.38. The monoisotopic (exact) mass is 346 g/mol. The van der Waals surface area contributed by atoms with Crippen LogP contribution in [0.15, 0.2) is 48.7 Å². The number of benzene rings is 2. The summed E-state index contributed by atoms with van der Waals surface area (Å²) in [5.41, 5.74) is 0.750. The van der Waals surface area contributed by atoms with Gasteiger partial charge in [-0.25, -0.2) is 22.9 Å². The predicted molar refractivity (Wildman–Crippen MR) is 86.8 cm³/mol. The molecular formula is C18H13F3N2O2. The molecule has 0 saturated heterocycles. The van der Waals surface area contributed by atoms with Gasteiger partial charge < -0.3 is 10.4 Å². The number of rotatable bonds is 5. The zero-order valence-electron chi connectivity index (χ0n) is 12.8. The van der Waals surface area contributed by atoms with Crippen LogP contribution >= 0.6 is 0 Å². The van der Waals surface area contributed by atoms with E-state index in [0.29, 0.717) is 0 Å². The molecule has 0 amide bonds. The highest BCUT2D eigenvalue weighted by atomic mass is 19.2. The molecule has 4 nitrogen and oxygen atoms in total. The highest BCUT2D eigenvalue weighted by molar-refractivity contribution is 5.93. The van der Waals surface area contributed by atoms with Gasteiger partial charge in [-0.2, -0.15) is 0 Å². The van der Waals surface area contributed by atoms with Gasteiger partial charge in [0.2, 0.25) is 0 Å². The highest BCUT2D eigenvalue weighted by Gasteiger charge is 2.22. The average molecular weight is 346 g/mol. The zero-order chi connectivity index (χ0) is 18.0. The number of carboxylic acid groups (broad SMARTS) is 1. The van der Waals surface area contributed by atoms with E-state index in [2.05, 4.69) is 10.3 Å². The Balaban J connectivity index is 2.00. The number of aromatic nitrogens is 1. The minimum Gasteiger partial charge on any atom is -0.480 e. The summed E-state index contributed by atoms with van der Waals surface area (Å²) in [6, 6.07) is 9.88. The Kier molecular flexibility index (Phi) is 4.56. The van der Waals surface area contributed by atoms with Gasteiger partial charge in [-0.1, -0.05) is 30.3 Å². The lowest BCUT2D eigenvalue weighted by Gasteiger charge is -2.17. The lowest BCUT2D eigenvalue weighted by atomic mass is 10.1. The summed E-state index contributed by atoms with van der Waals surface area (Å²) in [5.74, 6) is -5.68. The summed E-state index contributed by atoms with van der Waals surface area (Å²) in [7, 11) is 0. The molecule has 1 unspecified atom stereocenters. The smallest absolute Gasteiger partial charge is 0.326 e. The Hall–Kier alpha value is -3.09. The molecular weight excluding hydrogens is 333 g/mol. The van der Waals surface area contributed by atoms with Crippen LogP contribution in [0.3, 0.4) is 0 Å². The molecule has 2 N–H and O–H groups in total. The third-order valence-electron chi connectivity index (χ3n) is 3.78. The fraction of sp³-hybridized carbons (Fsp3) is 0.111. The number of fused-ring (bicyclic) bond motifs is 1. The molecule has 128 valence electrons. The van der Waals surface area contributed by atoms with E-state index in [1.165, 1.54) is 12.3 Å². The van der Waals surface area contributed by atoms with E-state index < -0.39 is 29.5 Å². The lowest BCUT2D eigenvalue weighted by Crippen LogP contribution is -2.32. The Morgan fingerprint density at radius 3 is 2.52 bits per heavy atom. The Morgan fingerprint density at radius 2 is 1.84 bits per heavy atom. The lowest BCUT2D eigenvalue weighted by molar-refractivity contribution is -0.137. The Labute approximate surface area is 140 Å². The van der Waals surface area contributed by atoms with Crippen molar-refractivity contribution in [1.29, 1.82) is 0 Å². The van der Waals surface area contributed by atoms with Gasteiger partial charge in [0.25, 0.3) is 0 Å². The molecule has 3 aromatic rings. The highest BCUT2D eigenvalue weighted by Crippen LogP contribution is 2.28. The quantitative estimate of drug-likeness (QED) is 0.691. The molecule has 1 aromatic heterocycles. The van der Waals surface area contributed by atoms with Crippen LogP contribution in [-0.4, -0.2) is 22.1 Å². The van der Waals surface area contributed by atoms with E-state index in [4.69, 9.17) is 0 Å². The first-order valence-electron chi connectivity index (χ1n) is 7.43. The van der Waals surface area contributed by atoms with Gasteiger partial charge in [-0.15, -0.1) is 0 Å². The minimum atomic E-state index is -1.63. The second kappa shape index (κ2) is 6.80. The molecule has 0 fully saturated rings. The molecule has 25 heavy (non-hydrogen) atoms. The average Bonchev–Trinajstić information content (AvgIpc) is 2.60. The number of anilines is 1.